The van der Waals surface area contributed by atoms with Gasteiger partial charge in [0.1, 0.15) is 5.15 Å². The van der Waals surface area contributed by atoms with E-state index in [1.165, 1.54) is 0 Å². The average Bonchev–Trinajstić information content (AvgIpc) is 3.03. The number of pyridine rings is 3. The fourth-order valence-electron chi connectivity index (χ4n) is 2.42. The second-order valence-electron chi connectivity index (χ2n) is 5.18. The van der Waals surface area contributed by atoms with Gasteiger partial charge in [-0.05, 0) is 29.8 Å². The standard InChI is InChI=1S/C17H12ClN5/c18-17-4-3-15-16(22-17)6-13(8-20-15)14-9-21-23(11-14)10-12-2-1-5-19-7-12/h1-9,11H,10H2. The van der Waals surface area contributed by atoms with Gasteiger partial charge in [0.05, 0.1) is 23.8 Å². The maximum atomic E-state index is 5.95. The van der Waals surface area contributed by atoms with Crippen LogP contribution in [0.1, 0.15) is 5.56 Å². The van der Waals surface area contributed by atoms with Crippen LogP contribution in [-0.2, 0) is 6.54 Å². The highest BCUT2D eigenvalue weighted by Crippen LogP contribution is 2.22. The maximum Gasteiger partial charge on any atom is 0.129 e. The Bertz CT molecular complexity index is 965. The van der Waals surface area contributed by atoms with Crippen molar-refractivity contribution in [3.8, 4) is 11.1 Å². The van der Waals surface area contributed by atoms with Crippen LogP contribution in [0.5, 0.6) is 0 Å². The Labute approximate surface area is 137 Å². The Morgan fingerprint density at radius 2 is 1.96 bits per heavy atom. The molecule has 23 heavy (non-hydrogen) atoms. The molecule has 0 N–H and O–H groups in total. The third-order valence-electron chi connectivity index (χ3n) is 3.54. The van der Waals surface area contributed by atoms with Gasteiger partial charge in [0, 0.05) is 35.9 Å². The van der Waals surface area contributed by atoms with Crippen molar-refractivity contribution in [2.45, 2.75) is 6.54 Å². The Morgan fingerprint density at radius 3 is 2.83 bits per heavy atom. The van der Waals surface area contributed by atoms with Gasteiger partial charge in [0.15, 0.2) is 0 Å². The highest BCUT2D eigenvalue weighted by atomic mass is 35.5. The summed E-state index contributed by atoms with van der Waals surface area (Å²) in [5, 5.41) is 4.86. The Morgan fingerprint density at radius 1 is 1.00 bits per heavy atom. The van der Waals surface area contributed by atoms with Crippen molar-refractivity contribution in [2.75, 3.05) is 0 Å². The van der Waals surface area contributed by atoms with Gasteiger partial charge >= 0.3 is 0 Å². The molecule has 0 amide bonds. The highest BCUT2D eigenvalue weighted by molar-refractivity contribution is 6.29. The molecular weight excluding hydrogens is 310 g/mol. The van der Waals surface area contributed by atoms with E-state index in [0.29, 0.717) is 11.7 Å². The van der Waals surface area contributed by atoms with Gasteiger partial charge in [0.25, 0.3) is 0 Å². The molecule has 0 saturated heterocycles. The van der Waals surface area contributed by atoms with Gasteiger partial charge < -0.3 is 0 Å². The summed E-state index contributed by atoms with van der Waals surface area (Å²) in [4.78, 5) is 12.8. The number of fused-ring (bicyclic) bond motifs is 1. The number of nitrogens with zero attached hydrogens (tertiary/aromatic N) is 5. The first-order valence-electron chi connectivity index (χ1n) is 7.12. The first kappa shape index (κ1) is 13.8. The highest BCUT2D eigenvalue weighted by Gasteiger charge is 2.06. The minimum Gasteiger partial charge on any atom is -0.268 e. The Hall–Kier alpha value is -2.79. The van der Waals surface area contributed by atoms with E-state index < -0.39 is 0 Å². The monoisotopic (exact) mass is 321 g/mol. The van der Waals surface area contributed by atoms with Gasteiger partial charge in [-0.25, -0.2) is 4.98 Å². The van der Waals surface area contributed by atoms with Gasteiger partial charge in [0.2, 0.25) is 0 Å². The van der Waals surface area contributed by atoms with Crippen molar-refractivity contribution in [3.63, 3.8) is 0 Å². The summed E-state index contributed by atoms with van der Waals surface area (Å²) < 4.78 is 1.88. The van der Waals surface area contributed by atoms with Crippen molar-refractivity contribution in [1.82, 2.24) is 24.7 Å². The van der Waals surface area contributed by atoms with E-state index in [4.69, 9.17) is 11.6 Å². The first-order chi connectivity index (χ1) is 11.3. The van der Waals surface area contributed by atoms with E-state index in [0.717, 1.165) is 27.7 Å². The molecule has 112 valence electrons. The van der Waals surface area contributed by atoms with Crippen molar-refractivity contribution < 1.29 is 0 Å². The molecule has 4 aromatic heterocycles. The van der Waals surface area contributed by atoms with Crippen molar-refractivity contribution in [3.05, 3.63) is 72.0 Å². The molecule has 0 aliphatic rings. The maximum absolute atomic E-state index is 5.95. The predicted molar refractivity (Wildman–Crippen MR) is 89.1 cm³/mol. The summed E-state index contributed by atoms with van der Waals surface area (Å²) >= 11 is 5.95. The topological polar surface area (TPSA) is 56.5 Å². The van der Waals surface area contributed by atoms with E-state index in [1.54, 1.807) is 12.3 Å². The molecule has 4 rings (SSSR count). The number of hydrogen-bond donors (Lipinski definition) is 0. The summed E-state index contributed by atoms with van der Waals surface area (Å²) in [6, 6.07) is 9.52. The van der Waals surface area contributed by atoms with E-state index in [-0.39, 0.29) is 0 Å². The summed E-state index contributed by atoms with van der Waals surface area (Å²) in [5.41, 5.74) is 4.65. The molecule has 0 aliphatic carbocycles. The average molecular weight is 322 g/mol. The zero-order chi connectivity index (χ0) is 15.6. The third kappa shape index (κ3) is 2.91. The van der Waals surface area contributed by atoms with E-state index in [1.807, 2.05) is 53.7 Å². The normalized spacial score (nSPS) is 11.0. The lowest BCUT2D eigenvalue weighted by atomic mass is 10.1. The van der Waals surface area contributed by atoms with Crippen LogP contribution >= 0.6 is 11.6 Å². The van der Waals surface area contributed by atoms with Crippen LogP contribution in [0.15, 0.2) is 61.3 Å². The SMILES string of the molecule is Clc1ccc2ncc(-c3cnn(Cc4cccnc4)c3)cc2n1. The van der Waals surface area contributed by atoms with Gasteiger partial charge in [-0.3, -0.25) is 14.6 Å². The quantitative estimate of drug-likeness (QED) is 0.541. The minimum atomic E-state index is 0.462. The fourth-order valence-corrected chi connectivity index (χ4v) is 2.57. The number of hydrogen-bond acceptors (Lipinski definition) is 4. The number of rotatable bonds is 3. The summed E-state index contributed by atoms with van der Waals surface area (Å²) in [6.07, 6.45) is 9.23. The van der Waals surface area contributed by atoms with Crippen LogP contribution in [-0.4, -0.2) is 24.7 Å². The fraction of sp³-hybridized carbons (Fsp3) is 0.0588. The first-order valence-corrected chi connectivity index (χ1v) is 7.50. The van der Waals surface area contributed by atoms with E-state index >= 15 is 0 Å². The van der Waals surface area contributed by atoms with E-state index in [9.17, 15) is 0 Å². The van der Waals surface area contributed by atoms with Gasteiger partial charge in [-0.1, -0.05) is 17.7 Å². The second kappa shape index (κ2) is 5.78. The molecule has 0 saturated carbocycles. The molecule has 4 aromatic rings. The van der Waals surface area contributed by atoms with Crippen LogP contribution in [0.4, 0.5) is 0 Å². The molecule has 0 bridgehead atoms. The molecule has 0 radical (unpaired) electrons. The zero-order valence-electron chi connectivity index (χ0n) is 12.1. The number of aromatic nitrogens is 5. The minimum absolute atomic E-state index is 0.462. The summed E-state index contributed by atoms with van der Waals surface area (Å²) in [7, 11) is 0. The van der Waals surface area contributed by atoms with Gasteiger partial charge in [-0.15, -0.1) is 0 Å². The predicted octanol–water partition coefficient (Wildman–Crippen LogP) is 3.59. The summed E-state index contributed by atoms with van der Waals surface area (Å²) in [5.74, 6) is 0. The molecule has 6 heteroatoms. The molecular formula is C17H12ClN5. The summed E-state index contributed by atoms with van der Waals surface area (Å²) in [6.45, 7) is 0.679. The molecule has 0 unspecified atom stereocenters. The molecule has 0 fully saturated rings. The van der Waals surface area contributed by atoms with Crippen molar-refractivity contribution in [1.29, 1.82) is 0 Å². The number of halogens is 1. The van der Waals surface area contributed by atoms with E-state index in [2.05, 4.69) is 20.1 Å². The zero-order valence-corrected chi connectivity index (χ0v) is 12.9. The lowest BCUT2D eigenvalue weighted by molar-refractivity contribution is 0.685. The third-order valence-corrected chi connectivity index (χ3v) is 3.75. The second-order valence-corrected chi connectivity index (χ2v) is 5.57. The molecule has 5 nitrogen and oxygen atoms in total. The van der Waals surface area contributed by atoms with Crippen LogP contribution in [0, 0.1) is 0 Å². The lowest BCUT2D eigenvalue weighted by Crippen LogP contribution is -1.99. The van der Waals surface area contributed by atoms with Crippen molar-refractivity contribution in [2.24, 2.45) is 0 Å². The largest absolute Gasteiger partial charge is 0.268 e. The van der Waals surface area contributed by atoms with Crippen LogP contribution in [0.2, 0.25) is 5.15 Å². The van der Waals surface area contributed by atoms with Crippen LogP contribution < -0.4 is 0 Å². The van der Waals surface area contributed by atoms with Crippen LogP contribution in [0.25, 0.3) is 22.2 Å². The Kier molecular flexibility index (Phi) is 3.48. The van der Waals surface area contributed by atoms with Crippen molar-refractivity contribution >= 4 is 22.6 Å². The molecule has 0 atom stereocenters. The lowest BCUT2D eigenvalue weighted by Gasteiger charge is -2.02. The van der Waals surface area contributed by atoms with Crippen LogP contribution in [0.3, 0.4) is 0 Å². The molecule has 4 heterocycles. The molecule has 0 aliphatic heterocycles. The Balaban J connectivity index is 1.66. The smallest absolute Gasteiger partial charge is 0.129 e. The van der Waals surface area contributed by atoms with Gasteiger partial charge in [-0.2, -0.15) is 5.10 Å². The molecule has 0 aromatic carbocycles. The molecule has 0 spiro atoms.